The van der Waals surface area contributed by atoms with E-state index in [1.165, 1.54) is 0 Å². The molecule has 3 amide bonds. The second-order valence-electron chi connectivity index (χ2n) is 8.99. The number of carbonyl (C=O) groups excluding carboxylic acids is 2. The van der Waals surface area contributed by atoms with Crippen LogP contribution in [0.4, 0.5) is 10.5 Å². The van der Waals surface area contributed by atoms with Crippen LogP contribution in [0.25, 0.3) is 0 Å². The number of amides is 3. The van der Waals surface area contributed by atoms with E-state index in [-0.39, 0.29) is 18.5 Å². The maximum atomic E-state index is 13.5. The Hall–Kier alpha value is -3.54. The first-order valence-electron chi connectivity index (χ1n) is 12.4. The van der Waals surface area contributed by atoms with Crippen molar-refractivity contribution in [3.8, 4) is 0 Å². The Morgan fingerprint density at radius 2 is 1.60 bits per heavy atom. The third-order valence-electron chi connectivity index (χ3n) is 5.96. The van der Waals surface area contributed by atoms with Crippen LogP contribution in [0.3, 0.4) is 0 Å². The largest absolute Gasteiger partial charge is 0.464 e. The highest BCUT2D eigenvalue weighted by Crippen LogP contribution is 2.14. The first-order chi connectivity index (χ1) is 16.9. The Morgan fingerprint density at radius 3 is 2.26 bits per heavy atom. The van der Waals surface area contributed by atoms with Crippen molar-refractivity contribution >= 4 is 17.6 Å². The quantitative estimate of drug-likeness (QED) is 0.318. The third-order valence-corrected chi connectivity index (χ3v) is 5.96. The number of carbonyl (C=O) groups is 2. The van der Waals surface area contributed by atoms with Gasteiger partial charge in [0.15, 0.2) is 0 Å². The topological polar surface area (TPSA) is 65.8 Å². The van der Waals surface area contributed by atoms with Crippen molar-refractivity contribution in [2.45, 2.75) is 53.0 Å². The second kappa shape index (κ2) is 13.4. The van der Waals surface area contributed by atoms with E-state index < -0.39 is 0 Å². The zero-order valence-corrected chi connectivity index (χ0v) is 21.1. The Labute approximate surface area is 208 Å². The number of anilines is 1. The maximum Gasteiger partial charge on any atom is 0.322 e. The molecule has 0 aliphatic carbocycles. The number of nitrogens with one attached hydrogen (secondary N) is 1. The van der Waals surface area contributed by atoms with Gasteiger partial charge in [-0.15, -0.1) is 0 Å². The van der Waals surface area contributed by atoms with E-state index in [4.69, 9.17) is 4.42 Å². The molecular formula is C29H37N3O3. The summed E-state index contributed by atoms with van der Waals surface area (Å²) in [5.41, 5.74) is 3.01. The minimum Gasteiger partial charge on any atom is -0.464 e. The monoisotopic (exact) mass is 475 g/mol. The van der Waals surface area contributed by atoms with Crippen LogP contribution in [0.2, 0.25) is 0 Å². The predicted molar refractivity (Wildman–Crippen MR) is 140 cm³/mol. The molecule has 0 aliphatic heterocycles. The molecule has 1 N–H and O–H groups in total. The molecule has 6 nitrogen and oxygen atoms in total. The smallest absolute Gasteiger partial charge is 0.322 e. The van der Waals surface area contributed by atoms with Gasteiger partial charge in [-0.2, -0.15) is 0 Å². The number of hydrogen-bond acceptors (Lipinski definition) is 3. The maximum absolute atomic E-state index is 13.5. The van der Waals surface area contributed by atoms with Crippen molar-refractivity contribution in [3.63, 3.8) is 0 Å². The van der Waals surface area contributed by atoms with Gasteiger partial charge >= 0.3 is 6.03 Å². The van der Waals surface area contributed by atoms with E-state index in [1.54, 1.807) is 9.80 Å². The summed E-state index contributed by atoms with van der Waals surface area (Å²) in [4.78, 5) is 30.0. The zero-order valence-electron chi connectivity index (χ0n) is 21.1. The summed E-state index contributed by atoms with van der Waals surface area (Å²) in [5.74, 6) is 1.46. The minimum absolute atomic E-state index is 0.0237. The number of rotatable bonds is 12. The molecule has 0 atom stereocenters. The Morgan fingerprint density at radius 1 is 0.857 bits per heavy atom. The van der Waals surface area contributed by atoms with Gasteiger partial charge in [0.1, 0.15) is 18.1 Å². The first-order valence-corrected chi connectivity index (χ1v) is 12.4. The molecule has 0 bridgehead atoms. The fourth-order valence-electron chi connectivity index (χ4n) is 3.87. The lowest BCUT2D eigenvalue weighted by Gasteiger charge is -2.27. The van der Waals surface area contributed by atoms with E-state index in [2.05, 4.69) is 24.4 Å². The number of unbranched alkanes of at least 4 members (excludes halogenated alkanes) is 2. The number of aryl methyl sites for hydroxylation is 2. The molecule has 35 heavy (non-hydrogen) atoms. The molecule has 3 aromatic rings. The lowest BCUT2D eigenvalue weighted by Crippen LogP contribution is -2.45. The number of urea groups is 1. The minimum atomic E-state index is -0.254. The zero-order chi connectivity index (χ0) is 25.0. The summed E-state index contributed by atoms with van der Waals surface area (Å²) in [5, 5.41) is 2.95. The van der Waals surface area contributed by atoms with E-state index in [0.29, 0.717) is 19.6 Å². The van der Waals surface area contributed by atoms with Crippen LogP contribution in [0.1, 0.15) is 48.8 Å². The molecule has 6 heteroatoms. The molecule has 0 saturated carbocycles. The van der Waals surface area contributed by atoms with Crippen LogP contribution in [0.5, 0.6) is 0 Å². The highest BCUT2D eigenvalue weighted by molar-refractivity contribution is 5.92. The molecule has 0 radical (unpaired) electrons. The standard InChI is InChI=1S/C29H37N3O3/c1-4-5-9-19-32(29(34)30-26-15-12-23(2)13-16-26)22-28(33)31(21-27-17-14-24(3)35-27)20-18-25-10-7-6-8-11-25/h6-8,10-17H,4-5,9,18-22H2,1-3H3,(H,30,34). The van der Waals surface area contributed by atoms with Gasteiger partial charge in [0.05, 0.1) is 6.54 Å². The number of furan rings is 1. The summed E-state index contributed by atoms with van der Waals surface area (Å²) < 4.78 is 5.75. The summed E-state index contributed by atoms with van der Waals surface area (Å²) >= 11 is 0. The van der Waals surface area contributed by atoms with Gasteiger partial charge < -0.3 is 19.5 Å². The van der Waals surface area contributed by atoms with Crippen molar-refractivity contribution in [3.05, 3.63) is 89.4 Å². The van der Waals surface area contributed by atoms with Gasteiger partial charge in [-0.1, -0.05) is 67.8 Å². The molecule has 186 valence electrons. The van der Waals surface area contributed by atoms with E-state index in [1.807, 2.05) is 68.4 Å². The Balaban J connectivity index is 1.71. The van der Waals surface area contributed by atoms with Crippen LogP contribution in [-0.4, -0.2) is 41.4 Å². The van der Waals surface area contributed by atoms with Crippen LogP contribution < -0.4 is 5.32 Å². The fraction of sp³-hybridized carbons (Fsp3) is 0.379. The van der Waals surface area contributed by atoms with Gasteiger partial charge in [-0.25, -0.2) is 4.79 Å². The lowest BCUT2D eigenvalue weighted by molar-refractivity contribution is -0.132. The average molecular weight is 476 g/mol. The van der Waals surface area contributed by atoms with Crippen molar-refractivity contribution in [2.24, 2.45) is 0 Å². The van der Waals surface area contributed by atoms with Crippen LogP contribution >= 0.6 is 0 Å². The molecule has 0 spiro atoms. The van der Waals surface area contributed by atoms with Crippen LogP contribution in [-0.2, 0) is 17.8 Å². The van der Waals surface area contributed by atoms with Crippen molar-refractivity contribution in [1.82, 2.24) is 9.80 Å². The van der Waals surface area contributed by atoms with Crippen LogP contribution in [0, 0.1) is 13.8 Å². The summed E-state index contributed by atoms with van der Waals surface area (Å²) in [7, 11) is 0. The molecule has 0 fully saturated rings. The third kappa shape index (κ3) is 8.63. The van der Waals surface area contributed by atoms with Crippen molar-refractivity contribution in [2.75, 3.05) is 25.0 Å². The summed E-state index contributed by atoms with van der Waals surface area (Å²) in [6, 6.07) is 21.3. The highest BCUT2D eigenvalue weighted by atomic mass is 16.3. The molecule has 1 heterocycles. The molecule has 1 aromatic heterocycles. The molecule has 0 saturated heterocycles. The van der Waals surface area contributed by atoms with Crippen molar-refractivity contribution in [1.29, 1.82) is 0 Å². The number of hydrogen-bond donors (Lipinski definition) is 1. The summed E-state index contributed by atoms with van der Waals surface area (Å²) in [6.07, 6.45) is 3.64. The van der Waals surface area contributed by atoms with E-state index >= 15 is 0 Å². The molecule has 2 aromatic carbocycles. The summed E-state index contributed by atoms with van der Waals surface area (Å²) in [6.45, 7) is 7.50. The van der Waals surface area contributed by atoms with Gasteiger partial charge in [0, 0.05) is 18.8 Å². The van der Waals surface area contributed by atoms with Crippen molar-refractivity contribution < 1.29 is 14.0 Å². The number of nitrogens with zero attached hydrogens (tertiary/aromatic N) is 2. The predicted octanol–water partition coefficient (Wildman–Crippen LogP) is 6.19. The van der Waals surface area contributed by atoms with E-state index in [9.17, 15) is 9.59 Å². The molecular weight excluding hydrogens is 438 g/mol. The normalized spacial score (nSPS) is 10.7. The molecule has 0 unspecified atom stereocenters. The molecule has 3 rings (SSSR count). The number of benzene rings is 2. The second-order valence-corrected chi connectivity index (χ2v) is 8.99. The van der Waals surface area contributed by atoms with Gasteiger partial charge in [0.25, 0.3) is 0 Å². The van der Waals surface area contributed by atoms with Gasteiger partial charge in [0.2, 0.25) is 5.91 Å². The first kappa shape index (κ1) is 26.1. The molecule has 0 aliphatic rings. The van der Waals surface area contributed by atoms with E-state index in [0.717, 1.165) is 54.0 Å². The lowest BCUT2D eigenvalue weighted by atomic mass is 10.1. The highest BCUT2D eigenvalue weighted by Gasteiger charge is 2.22. The SMILES string of the molecule is CCCCCN(CC(=O)N(CCc1ccccc1)Cc1ccc(C)o1)C(=O)Nc1ccc(C)cc1. The van der Waals surface area contributed by atoms with Gasteiger partial charge in [-0.05, 0) is 56.5 Å². The average Bonchev–Trinajstić information content (AvgIpc) is 3.27. The van der Waals surface area contributed by atoms with Crippen LogP contribution in [0.15, 0.2) is 71.1 Å². The Kier molecular flexibility index (Phi) is 9.96. The fourth-order valence-corrected chi connectivity index (χ4v) is 3.87. The van der Waals surface area contributed by atoms with Gasteiger partial charge in [-0.3, -0.25) is 4.79 Å². The Bertz CT molecular complexity index is 1060.